The van der Waals surface area contributed by atoms with Crippen molar-refractivity contribution in [2.24, 2.45) is 0 Å². The molecule has 5 rings (SSSR count). The molecule has 8 nitrogen and oxygen atoms in total. The zero-order valence-corrected chi connectivity index (χ0v) is 16.9. The third kappa shape index (κ3) is 3.63. The normalized spacial score (nSPS) is 16.8. The van der Waals surface area contributed by atoms with Crippen molar-refractivity contribution in [2.45, 2.75) is 25.3 Å². The van der Waals surface area contributed by atoms with Crippen LogP contribution >= 0.6 is 0 Å². The van der Waals surface area contributed by atoms with Crippen LogP contribution in [0.1, 0.15) is 19.3 Å². The lowest BCUT2D eigenvalue weighted by Crippen LogP contribution is -2.38. The van der Waals surface area contributed by atoms with E-state index < -0.39 is 6.04 Å². The third-order valence-electron chi connectivity index (χ3n) is 5.42. The average molecular weight is 420 g/mol. The van der Waals surface area contributed by atoms with Crippen LogP contribution in [-0.4, -0.2) is 45.2 Å². The molecule has 9 heteroatoms. The number of nitrogens with one attached hydrogen (secondary N) is 2. The molecule has 1 aliphatic rings. The highest BCUT2D eigenvalue weighted by atomic mass is 19.1. The molecule has 1 atom stereocenters. The van der Waals surface area contributed by atoms with E-state index in [9.17, 15) is 9.18 Å². The van der Waals surface area contributed by atoms with Gasteiger partial charge in [-0.3, -0.25) is 4.79 Å². The van der Waals surface area contributed by atoms with Crippen molar-refractivity contribution >= 4 is 28.4 Å². The summed E-state index contributed by atoms with van der Waals surface area (Å²) < 4.78 is 20.3. The number of benzene rings is 2. The molecule has 158 valence electrons. The lowest BCUT2D eigenvalue weighted by molar-refractivity contribution is -0.121. The van der Waals surface area contributed by atoms with E-state index in [1.54, 1.807) is 23.8 Å². The first-order valence-electron chi connectivity index (χ1n) is 10.2. The molecule has 1 amide bonds. The van der Waals surface area contributed by atoms with Gasteiger partial charge in [0.15, 0.2) is 11.5 Å². The summed E-state index contributed by atoms with van der Waals surface area (Å²) in [5, 5.41) is 11.6. The van der Waals surface area contributed by atoms with E-state index in [1.807, 2.05) is 18.2 Å². The summed E-state index contributed by atoms with van der Waals surface area (Å²) >= 11 is 0. The van der Waals surface area contributed by atoms with E-state index in [1.165, 1.54) is 12.1 Å². The molecule has 1 aliphatic heterocycles. The van der Waals surface area contributed by atoms with E-state index >= 15 is 0 Å². The number of carbonyl (C=O) groups is 1. The van der Waals surface area contributed by atoms with Crippen LogP contribution in [0.4, 0.5) is 10.3 Å². The van der Waals surface area contributed by atoms with Gasteiger partial charge in [0.05, 0.1) is 12.6 Å². The molecule has 1 fully saturated rings. The predicted molar refractivity (Wildman–Crippen MR) is 115 cm³/mol. The molecular weight excluding hydrogens is 399 g/mol. The number of carbonyl (C=O) groups excluding carboxylic acids is 1. The molecule has 0 unspecified atom stereocenters. The zero-order chi connectivity index (χ0) is 21.4. The smallest absolute Gasteiger partial charge is 0.242 e. The summed E-state index contributed by atoms with van der Waals surface area (Å²) in [5.74, 6) is 1.15. The van der Waals surface area contributed by atoms with E-state index in [4.69, 9.17) is 14.7 Å². The number of hydrogen-bond acceptors (Lipinski definition) is 6. The minimum Gasteiger partial charge on any atom is -0.497 e. The van der Waals surface area contributed by atoms with Gasteiger partial charge in [-0.2, -0.15) is 4.52 Å². The van der Waals surface area contributed by atoms with Crippen LogP contribution in [0.25, 0.3) is 27.9 Å². The van der Waals surface area contributed by atoms with Crippen molar-refractivity contribution in [3.05, 3.63) is 48.3 Å². The summed E-state index contributed by atoms with van der Waals surface area (Å²) in [6, 6.07) is 11.1. The highest BCUT2D eigenvalue weighted by Crippen LogP contribution is 2.28. The third-order valence-corrected chi connectivity index (χ3v) is 5.42. The fraction of sp³-hybridized carbons (Fsp3) is 0.273. The van der Waals surface area contributed by atoms with Gasteiger partial charge in [-0.15, -0.1) is 5.10 Å². The first-order chi connectivity index (χ1) is 15.1. The van der Waals surface area contributed by atoms with Crippen LogP contribution in [0.5, 0.6) is 5.75 Å². The Kier molecular flexibility index (Phi) is 4.85. The summed E-state index contributed by atoms with van der Waals surface area (Å²) in [5.41, 5.74) is 1.95. The van der Waals surface area contributed by atoms with Crippen LogP contribution in [0.15, 0.2) is 42.5 Å². The maximum Gasteiger partial charge on any atom is 0.242 e. The van der Waals surface area contributed by atoms with E-state index in [0.717, 1.165) is 18.2 Å². The minimum atomic E-state index is -0.410. The molecule has 2 aromatic heterocycles. The van der Waals surface area contributed by atoms with Gasteiger partial charge in [0.25, 0.3) is 0 Å². The lowest BCUT2D eigenvalue weighted by Gasteiger charge is -2.16. The second kappa shape index (κ2) is 7.82. The summed E-state index contributed by atoms with van der Waals surface area (Å²) in [6.45, 7) is 0.676. The Hall–Kier alpha value is -3.75. The quantitative estimate of drug-likeness (QED) is 0.527. The maximum absolute atomic E-state index is 13.4. The molecule has 31 heavy (non-hydrogen) atoms. The number of anilines is 1. The van der Waals surface area contributed by atoms with E-state index in [0.29, 0.717) is 47.2 Å². The molecule has 2 aromatic carbocycles. The van der Waals surface area contributed by atoms with Crippen molar-refractivity contribution in [3.8, 4) is 17.1 Å². The lowest BCUT2D eigenvalue weighted by atomic mass is 10.1. The number of halogens is 1. The number of fused-ring (bicyclic) bond motifs is 3. The van der Waals surface area contributed by atoms with Crippen molar-refractivity contribution in [2.75, 3.05) is 19.0 Å². The van der Waals surface area contributed by atoms with Crippen molar-refractivity contribution < 1.29 is 13.9 Å². The SMILES string of the molecule is COc1ccc2nc(N[C@@H]3CCCCNC3=O)n3nc(-c4ccc(F)cc4)nc3c2c1. The largest absolute Gasteiger partial charge is 0.497 e. The molecule has 1 saturated heterocycles. The fourth-order valence-electron chi connectivity index (χ4n) is 3.76. The highest BCUT2D eigenvalue weighted by molar-refractivity contribution is 5.94. The van der Waals surface area contributed by atoms with Crippen LogP contribution in [0.3, 0.4) is 0 Å². The second-order valence-corrected chi connectivity index (χ2v) is 7.48. The van der Waals surface area contributed by atoms with Gasteiger partial charge in [-0.1, -0.05) is 0 Å². The Balaban J connectivity index is 1.67. The van der Waals surface area contributed by atoms with Gasteiger partial charge in [0.2, 0.25) is 11.9 Å². The van der Waals surface area contributed by atoms with Gasteiger partial charge in [-0.05, 0) is 61.7 Å². The van der Waals surface area contributed by atoms with Crippen molar-refractivity contribution in [1.82, 2.24) is 24.9 Å². The van der Waals surface area contributed by atoms with Crippen molar-refractivity contribution in [1.29, 1.82) is 0 Å². The molecule has 0 radical (unpaired) electrons. The number of rotatable bonds is 4. The topological polar surface area (TPSA) is 93.4 Å². The van der Waals surface area contributed by atoms with Crippen LogP contribution in [0, 0.1) is 5.82 Å². The zero-order valence-electron chi connectivity index (χ0n) is 16.9. The van der Waals surface area contributed by atoms with Gasteiger partial charge in [-0.25, -0.2) is 14.4 Å². The van der Waals surface area contributed by atoms with Gasteiger partial charge in [0.1, 0.15) is 17.6 Å². The molecule has 3 heterocycles. The summed E-state index contributed by atoms with van der Waals surface area (Å²) in [6.07, 6.45) is 2.58. The predicted octanol–water partition coefficient (Wildman–Crippen LogP) is 3.17. The molecule has 4 aromatic rings. The molecule has 0 saturated carbocycles. The summed E-state index contributed by atoms with van der Waals surface area (Å²) in [7, 11) is 1.60. The first kappa shape index (κ1) is 19.2. The summed E-state index contributed by atoms with van der Waals surface area (Å²) in [4.78, 5) is 21.9. The fourth-order valence-corrected chi connectivity index (χ4v) is 3.76. The second-order valence-electron chi connectivity index (χ2n) is 7.48. The maximum atomic E-state index is 13.4. The number of hydrogen-bond donors (Lipinski definition) is 2. The number of amides is 1. The number of nitrogens with zero attached hydrogens (tertiary/aromatic N) is 4. The van der Waals surface area contributed by atoms with E-state index in [2.05, 4.69) is 15.7 Å². The van der Waals surface area contributed by atoms with Crippen LogP contribution in [0.2, 0.25) is 0 Å². The Bertz CT molecular complexity index is 1270. The van der Waals surface area contributed by atoms with E-state index in [-0.39, 0.29) is 11.7 Å². The number of ether oxygens (including phenoxy) is 1. The number of aromatic nitrogens is 4. The molecule has 0 bridgehead atoms. The molecule has 0 spiro atoms. The van der Waals surface area contributed by atoms with Crippen molar-refractivity contribution in [3.63, 3.8) is 0 Å². The van der Waals surface area contributed by atoms with Gasteiger partial charge >= 0.3 is 0 Å². The highest BCUT2D eigenvalue weighted by Gasteiger charge is 2.23. The average Bonchev–Trinajstić information content (AvgIpc) is 3.14. The van der Waals surface area contributed by atoms with Gasteiger partial charge in [0, 0.05) is 17.5 Å². The Morgan fingerprint density at radius 3 is 2.81 bits per heavy atom. The molecule has 0 aliphatic carbocycles. The molecular formula is C22H21FN6O2. The first-order valence-corrected chi connectivity index (χ1v) is 10.2. The Morgan fingerprint density at radius 1 is 1.16 bits per heavy atom. The molecule has 2 N–H and O–H groups in total. The van der Waals surface area contributed by atoms with Crippen LogP contribution in [-0.2, 0) is 4.79 Å². The van der Waals surface area contributed by atoms with Gasteiger partial charge < -0.3 is 15.4 Å². The Labute approximate surface area is 177 Å². The number of methoxy groups -OCH3 is 1. The standard InChI is InChI=1S/C22H21FN6O2/c1-31-15-9-10-17-16(12-15)20-27-19(13-5-7-14(23)8-6-13)28-29(20)22(25-17)26-18-4-2-3-11-24-21(18)30/h5-10,12,18H,2-4,11H2,1H3,(H,24,30)(H,25,26)/t18-/m1/s1. The monoisotopic (exact) mass is 420 g/mol. The van der Waals surface area contributed by atoms with Crippen LogP contribution < -0.4 is 15.4 Å². The minimum absolute atomic E-state index is 0.0545. The Morgan fingerprint density at radius 2 is 2.00 bits per heavy atom.